The highest BCUT2D eigenvalue weighted by Gasteiger charge is 2.08. The number of hydrogen-bond acceptors (Lipinski definition) is 2. The zero-order valence-corrected chi connectivity index (χ0v) is 14.8. The van der Waals surface area contributed by atoms with Crippen molar-refractivity contribution < 1.29 is 0 Å². The molecule has 0 fully saturated rings. The van der Waals surface area contributed by atoms with Gasteiger partial charge in [0.25, 0.3) is 0 Å². The van der Waals surface area contributed by atoms with Crippen molar-refractivity contribution in [2.24, 2.45) is 10.2 Å². The maximum absolute atomic E-state index is 4.26. The Balaban J connectivity index is 1.50. The predicted octanol–water partition coefficient (Wildman–Crippen LogP) is 6.76. The average molecular weight is 346 g/mol. The van der Waals surface area contributed by atoms with E-state index in [0.29, 0.717) is 0 Å². The van der Waals surface area contributed by atoms with Gasteiger partial charge in [-0.15, -0.1) is 0 Å². The van der Waals surface area contributed by atoms with Crippen molar-refractivity contribution in [3.8, 4) is 11.8 Å². The van der Waals surface area contributed by atoms with Gasteiger partial charge in [-0.05, 0) is 60.0 Å². The van der Waals surface area contributed by atoms with E-state index in [0.717, 1.165) is 28.9 Å². The molecule has 0 heterocycles. The van der Waals surface area contributed by atoms with Crippen molar-refractivity contribution >= 4 is 11.4 Å². The van der Waals surface area contributed by atoms with Gasteiger partial charge < -0.3 is 0 Å². The van der Waals surface area contributed by atoms with Gasteiger partial charge in [0.15, 0.2) is 0 Å². The largest absolute Gasteiger partial charge is 0.151 e. The molecule has 4 rings (SSSR count). The van der Waals surface area contributed by atoms with Crippen LogP contribution in [0.4, 0.5) is 11.4 Å². The Bertz CT molecular complexity index is 1060. The molecule has 0 amide bonds. The summed E-state index contributed by atoms with van der Waals surface area (Å²) in [5.74, 6) is 6.57. The summed E-state index contributed by atoms with van der Waals surface area (Å²) in [5.41, 5.74) is 6.23. The summed E-state index contributed by atoms with van der Waals surface area (Å²) in [5, 5.41) is 8.50. The number of allylic oxidation sites excluding steroid dienone is 10. The third-order valence-electron chi connectivity index (χ3n) is 4.28. The molecule has 0 spiro atoms. The van der Waals surface area contributed by atoms with Gasteiger partial charge in [-0.1, -0.05) is 66.5 Å². The maximum atomic E-state index is 4.26. The highest BCUT2D eigenvalue weighted by atomic mass is 15.1. The molecule has 27 heavy (non-hydrogen) atoms. The molecular weight excluding hydrogens is 328 g/mol. The number of hydrogen-bond donors (Lipinski definition) is 0. The Morgan fingerprint density at radius 3 is 2.22 bits per heavy atom. The Morgan fingerprint density at radius 2 is 1.41 bits per heavy atom. The molecule has 2 aromatic carbocycles. The first-order valence-corrected chi connectivity index (χ1v) is 8.91. The van der Waals surface area contributed by atoms with Crippen LogP contribution >= 0.6 is 0 Å². The van der Waals surface area contributed by atoms with Crippen LogP contribution in [0.5, 0.6) is 0 Å². The first-order valence-electron chi connectivity index (χ1n) is 8.91. The van der Waals surface area contributed by atoms with E-state index in [1.54, 1.807) is 0 Å². The second-order valence-electron chi connectivity index (χ2n) is 6.27. The van der Waals surface area contributed by atoms with E-state index >= 15 is 0 Å². The second kappa shape index (κ2) is 8.12. The zero-order valence-electron chi connectivity index (χ0n) is 14.8. The van der Waals surface area contributed by atoms with Gasteiger partial charge >= 0.3 is 0 Å². The molecule has 2 bridgehead atoms. The molecule has 0 saturated heterocycles. The Hall–Kier alpha value is -3.70. The molecule has 2 aliphatic carbocycles. The van der Waals surface area contributed by atoms with E-state index in [1.165, 1.54) is 11.1 Å². The van der Waals surface area contributed by atoms with Gasteiger partial charge in [-0.2, -0.15) is 10.2 Å². The molecule has 0 N–H and O–H groups in total. The van der Waals surface area contributed by atoms with E-state index < -0.39 is 0 Å². The minimum absolute atomic E-state index is 0.812. The molecule has 0 saturated carbocycles. The van der Waals surface area contributed by atoms with Crippen molar-refractivity contribution in [2.45, 2.75) is 6.42 Å². The number of rotatable bonds is 2. The molecule has 0 aromatic heterocycles. The van der Waals surface area contributed by atoms with E-state index in [-0.39, 0.29) is 0 Å². The number of nitrogens with zero attached hydrogens (tertiary/aromatic N) is 2. The molecule has 0 atom stereocenters. The molecule has 2 aliphatic rings. The topological polar surface area (TPSA) is 24.7 Å². The van der Waals surface area contributed by atoms with E-state index in [9.17, 15) is 0 Å². The summed E-state index contributed by atoms with van der Waals surface area (Å²) >= 11 is 0. The molecule has 128 valence electrons. The summed E-state index contributed by atoms with van der Waals surface area (Å²) in [6.45, 7) is 0. The fourth-order valence-electron chi connectivity index (χ4n) is 2.85. The predicted molar refractivity (Wildman–Crippen MR) is 111 cm³/mol. The molecule has 0 aliphatic heterocycles. The van der Waals surface area contributed by atoms with Crippen molar-refractivity contribution in [1.29, 1.82) is 0 Å². The summed E-state index contributed by atoms with van der Waals surface area (Å²) in [4.78, 5) is 0. The lowest BCUT2D eigenvalue weighted by Gasteiger charge is -2.03. The minimum atomic E-state index is 0.812. The van der Waals surface area contributed by atoms with Crippen LogP contribution in [0.1, 0.15) is 12.0 Å². The van der Waals surface area contributed by atoms with Gasteiger partial charge in [0.05, 0.1) is 11.4 Å². The normalized spacial score (nSPS) is 15.2. The smallest absolute Gasteiger partial charge is 0.0857 e. The Morgan fingerprint density at radius 1 is 0.667 bits per heavy atom. The summed E-state index contributed by atoms with van der Waals surface area (Å²) in [7, 11) is 0. The first-order chi connectivity index (χ1) is 13.4. The molecule has 2 nitrogen and oxygen atoms in total. The van der Waals surface area contributed by atoms with Crippen molar-refractivity contribution in [1.82, 2.24) is 0 Å². The van der Waals surface area contributed by atoms with Crippen LogP contribution in [-0.4, -0.2) is 0 Å². The van der Waals surface area contributed by atoms with Gasteiger partial charge in [0.1, 0.15) is 0 Å². The van der Waals surface area contributed by atoms with Crippen molar-refractivity contribution in [3.05, 3.63) is 119 Å². The monoisotopic (exact) mass is 346 g/mol. The molecule has 0 unspecified atom stereocenters. The van der Waals surface area contributed by atoms with Crippen LogP contribution in [0, 0.1) is 11.8 Å². The lowest BCUT2D eigenvalue weighted by Crippen LogP contribution is -1.87. The van der Waals surface area contributed by atoms with E-state index in [1.807, 2.05) is 54.6 Å². The van der Waals surface area contributed by atoms with Crippen LogP contribution in [0.15, 0.2) is 124 Å². The molecule has 0 radical (unpaired) electrons. The van der Waals surface area contributed by atoms with E-state index in [2.05, 4.69) is 64.6 Å². The van der Waals surface area contributed by atoms with Crippen LogP contribution in [0.2, 0.25) is 0 Å². The third-order valence-corrected chi connectivity index (χ3v) is 4.28. The quantitative estimate of drug-likeness (QED) is 0.424. The Kier molecular flexibility index (Phi) is 5.04. The highest BCUT2D eigenvalue weighted by molar-refractivity contribution is 5.57. The number of azo groups is 1. The summed E-state index contributed by atoms with van der Waals surface area (Å²) in [6, 6.07) is 17.5. The van der Waals surface area contributed by atoms with Crippen LogP contribution in [0.25, 0.3) is 0 Å². The highest BCUT2D eigenvalue weighted by Crippen LogP contribution is 2.25. The number of benzene rings is 2. The maximum Gasteiger partial charge on any atom is 0.0857 e. The second-order valence-corrected chi connectivity index (χ2v) is 6.27. The lowest BCUT2D eigenvalue weighted by atomic mass is 10.0. The molecule has 2 heteroatoms. The standard InChI is InChI=1S/C25H18N2/c1-2-11-24(12-3-1)26-27-25-17-14-20(15-18-25)13-16-22-10-6-8-21-7-4-5-9-23(22)19-21/h1-12,14-15,17-18H,19H2. The van der Waals surface area contributed by atoms with Crippen LogP contribution < -0.4 is 0 Å². The average Bonchev–Trinajstić information content (AvgIpc) is 3.07. The van der Waals surface area contributed by atoms with Gasteiger partial charge in [-0.25, -0.2) is 0 Å². The van der Waals surface area contributed by atoms with Crippen LogP contribution in [-0.2, 0) is 0 Å². The molecular formula is C25H18N2. The lowest BCUT2D eigenvalue weighted by molar-refractivity contribution is 1.20. The zero-order chi connectivity index (χ0) is 18.3. The number of fused-ring (bicyclic) bond motifs is 2. The first kappa shape index (κ1) is 16.8. The summed E-state index contributed by atoms with van der Waals surface area (Å²) in [6.07, 6.45) is 15.7. The minimum Gasteiger partial charge on any atom is -0.151 e. The van der Waals surface area contributed by atoms with Gasteiger partial charge in [0.2, 0.25) is 0 Å². The Labute approximate surface area is 159 Å². The summed E-state index contributed by atoms with van der Waals surface area (Å²) < 4.78 is 0. The van der Waals surface area contributed by atoms with Crippen molar-refractivity contribution in [2.75, 3.05) is 0 Å². The van der Waals surface area contributed by atoms with Gasteiger partial charge in [-0.3, -0.25) is 0 Å². The molecule has 2 aromatic rings. The fraction of sp³-hybridized carbons (Fsp3) is 0.0400. The fourth-order valence-corrected chi connectivity index (χ4v) is 2.85. The van der Waals surface area contributed by atoms with Crippen LogP contribution in [0.3, 0.4) is 0 Å². The van der Waals surface area contributed by atoms with Crippen molar-refractivity contribution in [3.63, 3.8) is 0 Å². The van der Waals surface area contributed by atoms with Gasteiger partial charge in [0, 0.05) is 11.1 Å². The third kappa shape index (κ3) is 4.48. The van der Waals surface area contributed by atoms with E-state index in [4.69, 9.17) is 0 Å². The SMILES string of the molecule is C(#Cc1ccc(N=Nc2ccccc2)cc1)C1=CC=CC2=CC=CC=C1C2.